The molecule has 0 saturated carbocycles. The van der Waals surface area contributed by atoms with Crippen LogP contribution in [0.2, 0.25) is 0 Å². The minimum atomic E-state index is -0.266. The summed E-state index contributed by atoms with van der Waals surface area (Å²) in [6.07, 6.45) is 2.03. The quantitative estimate of drug-likeness (QED) is 0.892. The highest BCUT2D eigenvalue weighted by molar-refractivity contribution is 5.83. The van der Waals surface area contributed by atoms with Gasteiger partial charge in [0.2, 0.25) is 0 Å². The molecule has 0 aliphatic carbocycles. The van der Waals surface area contributed by atoms with Gasteiger partial charge < -0.3 is 5.73 Å². The summed E-state index contributed by atoms with van der Waals surface area (Å²) in [5, 5.41) is 0. The van der Waals surface area contributed by atoms with E-state index in [1.54, 1.807) is 6.20 Å². The highest BCUT2D eigenvalue weighted by Crippen LogP contribution is 2.20. The molecule has 2 unspecified atom stereocenters. The minimum Gasteiger partial charge on any atom is -0.323 e. The smallest absolute Gasteiger partial charge is 0.143 e. The van der Waals surface area contributed by atoms with Crippen molar-refractivity contribution in [2.45, 2.75) is 19.4 Å². The van der Waals surface area contributed by atoms with Gasteiger partial charge in [0.15, 0.2) is 0 Å². The lowest BCUT2D eigenvalue weighted by Crippen LogP contribution is -2.27. The molecule has 0 aliphatic rings. The summed E-state index contributed by atoms with van der Waals surface area (Å²) in [6.45, 7) is 1.88. The summed E-state index contributed by atoms with van der Waals surface area (Å²) < 4.78 is 0. The highest BCUT2D eigenvalue weighted by Gasteiger charge is 2.22. The molecule has 0 spiro atoms. The molecule has 0 fully saturated rings. The van der Waals surface area contributed by atoms with Crippen LogP contribution in [0.1, 0.15) is 24.2 Å². The monoisotopic (exact) mass is 254 g/mol. The number of Topliss-reactive ketones (excluding diaryl/α,β-unsaturated/α-hetero) is 1. The molecule has 2 N–H and O–H groups in total. The zero-order valence-corrected chi connectivity index (χ0v) is 11.0. The van der Waals surface area contributed by atoms with Gasteiger partial charge in [-0.1, -0.05) is 43.3 Å². The molecule has 98 valence electrons. The van der Waals surface area contributed by atoms with E-state index in [0.29, 0.717) is 6.42 Å². The Bertz CT molecular complexity index is 525. The molecule has 2 rings (SSSR count). The van der Waals surface area contributed by atoms with E-state index >= 15 is 0 Å². The normalized spacial score (nSPS) is 13.8. The van der Waals surface area contributed by atoms with E-state index in [-0.39, 0.29) is 17.7 Å². The summed E-state index contributed by atoms with van der Waals surface area (Å²) in [4.78, 5) is 16.4. The first-order valence-electron chi connectivity index (χ1n) is 6.41. The van der Waals surface area contributed by atoms with Gasteiger partial charge in [-0.3, -0.25) is 9.78 Å². The number of nitrogens with two attached hydrogens (primary N) is 1. The van der Waals surface area contributed by atoms with Crippen LogP contribution in [0.4, 0.5) is 0 Å². The van der Waals surface area contributed by atoms with Gasteiger partial charge in [0, 0.05) is 30.3 Å². The van der Waals surface area contributed by atoms with Gasteiger partial charge in [0.1, 0.15) is 5.78 Å². The maximum atomic E-state index is 12.2. The van der Waals surface area contributed by atoms with Crippen molar-refractivity contribution in [3.8, 4) is 0 Å². The predicted molar refractivity (Wildman–Crippen MR) is 75.5 cm³/mol. The van der Waals surface area contributed by atoms with Gasteiger partial charge in [-0.15, -0.1) is 0 Å². The fourth-order valence-corrected chi connectivity index (χ4v) is 2.01. The molecule has 1 aromatic carbocycles. The van der Waals surface area contributed by atoms with E-state index in [2.05, 4.69) is 4.98 Å². The minimum absolute atomic E-state index is 0.120. The number of ketones is 1. The van der Waals surface area contributed by atoms with Crippen LogP contribution in [0.5, 0.6) is 0 Å². The molecule has 1 aromatic heterocycles. The number of nitrogens with zero attached hydrogens (tertiary/aromatic N) is 1. The number of hydrogen-bond donors (Lipinski definition) is 1. The van der Waals surface area contributed by atoms with E-state index in [0.717, 1.165) is 11.3 Å². The van der Waals surface area contributed by atoms with Crippen LogP contribution in [0.25, 0.3) is 0 Å². The van der Waals surface area contributed by atoms with Crippen LogP contribution in [0.3, 0.4) is 0 Å². The summed E-state index contributed by atoms with van der Waals surface area (Å²) in [6, 6.07) is 15.0. The average Bonchev–Trinajstić information content (AvgIpc) is 2.47. The average molecular weight is 254 g/mol. The van der Waals surface area contributed by atoms with Crippen LogP contribution in [-0.4, -0.2) is 10.8 Å². The second-order valence-corrected chi connectivity index (χ2v) is 4.69. The molecule has 0 radical (unpaired) electrons. The van der Waals surface area contributed by atoms with Gasteiger partial charge in [0.05, 0.1) is 0 Å². The second-order valence-electron chi connectivity index (χ2n) is 4.69. The fraction of sp³-hybridized carbons (Fsp3) is 0.250. The lowest BCUT2D eigenvalue weighted by Gasteiger charge is -2.19. The van der Waals surface area contributed by atoms with Crippen molar-refractivity contribution in [2.75, 3.05) is 0 Å². The van der Waals surface area contributed by atoms with Gasteiger partial charge in [-0.2, -0.15) is 0 Å². The van der Waals surface area contributed by atoms with Crippen molar-refractivity contribution in [1.29, 1.82) is 0 Å². The first kappa shape index (κ1) is 13.4. The number of rotatable bonds is 5. The van der Waals surface area contributed by atoms with E-state index in [4.69, 9.17) is 5.73 Å². The van der Waals surface area contributed by atoms with Gasteiger partial charge >= 0.3 is 0 Å². The van der Waals surface area contributed by atoms with E-state index in [1.165, 1.54) is 0 Å². The first-order valence-corrected chi connectivity index (χ1v) is 6.41. The SMILES string of the molecule is CC(C(=O)Cc1ccccn1)C(N)c1ccccc1. The standard InChI is InChI=1S/C16H18N2O/c1-12(16(17)13-7-3-2-4-8-13)15(19)11-14-9-5-6-10-18-14/h2-10,12,16H,11,17H2,1H3. The molecule has 0 bridgehead atoms. The fourth-order valence-electron chi connectivity index (χ4n) is 2.01. The molecule has 1 heterocycles. The Morgan fingerprint density at radius 3 is 2.47 bits per heavy atom. The molecule has 3 nitrogen and oxygen atoms in total. The third-order valence-electron chi connectivity index (χ3n) is 3.31. The van der Waals surface area contributed by atoms with Crippen molar-refractivity contribution in [3.05, 3.63) is 66.0 Å². The number of benzene rings is 1. The van der Waals surface area contributed by atoms with Crippen LogP contribution in [0.15, 0.2) is 54.7 Å². The van der Waals surface area contributed by atoms with Gasteiger partial charge in [-0.25, -0.2) is 0 Å². The van der Waals surface area contributed by atoms with Crippen molar-refractivity contribution < 1.29 is 4.79 Å². The van der Waals surface area contributed by atoms with E-state index < -0.39 is 0 Å². The molecule has 2 atom stereocenters. The molecule has 2 aromatic rings. The van der Waals surface area contributed by atoms with E-state index in [1.807, 2.05) is 55.5 Å². The van der Waals surface area contributed by atoms with Crippen LogP contribution >= 0.6 is 0 Å². The Morgan fingerprint density at radius 2 is 1.84 bits per heavy atom. The molecule has 0 aliphatic heterocycles. The summed E-state index contributed by atoms with van der Waals surface area (Å²) >= 11 is 0. The Morgan fingerprint density at radius 1 is 1.16 bits per heavy atom. The second kappa shape index (κ2) is 6.25. The van der Waals surface area contributed by atoms with Crippen molar-refractivity contribution >= 4 is 5.78 Å². The molecule has 19 heavy (non-hydrogen) atoms. The summed E-state index contributed by atoms with van der Waals surface area (Å²) in [7, 11) is 0. The molecule has 3 heteroatoms. The Balaban J connectivity index is 2.03. The topological polar surface area (TPSA) is 56.0 Å². The lowest BCUT2D eigenvalue weighted by molar-refractivity contribution is -0.122. The van der Waals surface area contributed by atoms with Gasteiger partial charge in [0.25, 0.3) is 0 Å². The maximum Gasteiger partial charge on any atom is 0.143 e. The molecular formula is C16H18N2O. The largest absolute Gasteiger partial charge is 0.323 e. The molecular weight excluding hydrogens is 236 g/mol. The number of hydrogen-bond acceptors (Lipinski definition) is 3. The van der Waals surface area contributed by atoms with Crippen LogP contribution < -0.4 is 5.73 Å². The number of pyridine rings is 1. The van der Waals surface area contributed by atoms with E-state index in [9.17, 15) is 4.79 Å². The number of carbonyl (C=O) groups excluding carboxylic acids is 1. The zero-order valence-electron chi connectivity index (χ0n) is 11.0. The molecule has 0 amide bonds. The van der Waals surface area contributed by atoms with Crippen LogP contribution in [0, 0.1) is 5.92 Å². The van der Waals surface area contributed by atoms with Crippen molar-refractivity contribution in [3.63, 3.8) is 0 Å². The summed E-state index contributed by atoms with van der Waals surface area (Å²) in [5.74, 6) is -0.0977. The Kier molecular flexibility index (Phi) is 4.42. The zero-order chi connectivity index (χ0) is 13.7. The maximum absolute atomic E-state index is 12.2. The molecule has 0 saturated heterocycles. The number of aromatic nitrogens is 1. The lowest BCUT2D eigenvalue weighted by atomic mass is 9.90. The summed E-state index contributed by atoms with van der Waals surface area (Å²) in [5.41, 5.74) is 7.93. The third kappa shape index (κ3) is 3.48. The Labute approximate surface area is 113 Å². The van der Waals surface area contributed by atoms with Gasteiger partial charge in [-0.05, 0) is 17.7 Å². The first-order chi connectivity index (χ1) is 9.18. The predicted octanol–water partition coefficient (Wildman–Crippen LogP) is 2.53. The third-order valence-corrected chi connectivity index (χ3v) is 3.31. The van der Waals surface area contributed by atoms with Crippen molar-refractivity contribution in [1.82, 2.24) is 4.98 Å². The Hall–Kier alpha value is -2.00. The number of carbonyl (C=O) groups is 1. The van der Waals surface area contributed by atoms with Crippen LogP contribution in [-0.2, 0) is 11.2 Å². The highest BCUT2D eigenvalue weighted by atomic mass is 16.1. The van der Waals surface area contributed by atoms with Crippen molar-refractivity contribution in [2.24, 2.45) is 11.7 Å².